The van der Waals surface area contributed by atoms with Crippen molar-refractivity contribution < 1.29 is 4.39 Å². The Morgan fingerprint density at radius 1 is 1.11 bits per heavy atom. The van der Waals surface area contributed by atoms with Gasteiger partial charge < -0.3 is 5.73 Å². The Hall–Kier alpha value is -1.32. The van der Waals surface area contributed by atoms with Crippen molar-refractivity contribution in [3.8, 4) is 0 Å². The second-order valence-electron chi connectivity index (χ2n) is 4.74. The highest BCUT2D eigenvalue weighted by Crippen LogP contribution is 2.24. The summed E-state index contributed by atoms with van der Waals surface area (Å²) >= 11 is 1.69. The van der Waals surface area contributed by atoms with Crippen molar-refractivity contribution >= 4 is 11.8 Å². The minimum atomic E-state index is -0.187. The molecule has 0 heterocycles. The lowest BCUT2D eigenvalue weighted by molar-refractivity contribution is 0.613. The van der Waals surface area contributed by atoms with Gasteiger partial charge in [0, 0.05) is 16.7 Å². The summed E-state index contributed by atoms with van der Waals surface area (Å²) in [6, 6.07) is 13.4. The molecule has 1 atom stereocenters. The second kappa shape index (κ2) is 6.22. The Balaban J connectivity index is 1.98. The van der Waals surface area contributed by atoms with Gasteiger partial charge in [-0.1, -0.05) is 29.8 Å². The minimum Gasteiger partial charge on any atom is -0.323 e. The summed E-state index contributed by atoms with van der Waals surface area (Å²) in [7, 11) is 0. The van der Waals surface area contributed by atoms with Gasteiger partial charge in [-0.3, -0.25) is 0 Å². The summed E-state index contributed by atoms with van der Waals surface area (Å²) in [4.78, 5) is 1.19. The normalized spacial score (nSPS) is 12.4. The van der Waals surface area contributed by atoms with Gasteiger partial charge in [-0.05, 0) is 43.2 Å². The molecule has 0 radical (unpaired) electrons. The van der Waals surface area contributed by atoms with Crippen LogP contribution >= 0.6 is 11.8 Å². The highest BCUT2D eigenvalue weighted by Gasteiger charge is 2.09. The van der Waals surface area contributed by atoms with E-state index in [0.29, 0.717) is 5.56 Å². The zero-order valence-corrected chi connectivity index (χ0v) is 12.0. The lowest BCUT2D eigenvalue weighted by Crippen LogP contribution is -2.13. The summed E-state index contributed by atoms with van der Waals surface area (Å²) in [5, 5.41) is 0. The van der Waals surface area contributed by atoms with Gasteiger partial charge >= 0.3 is 0 Å². The quantitative estimate of drug-likeness (QED) is 0.845. The predicted molar refractivity (Wildman–Crippen MR) is 80.0 cm³/mol. The highest BCUT2D eigenvalue weighted by atomic mass is 32.2. The van der Waals surface area contributed by atoms with Gasteiger partial charge in [-0.15, -0.1) is 11.8 Å². The van der Waals surface area contributed by atoms with E-state index in [4.69, 9.17) is 5.73 Å². The first-order chi connectivity index (χ1) is 9.06. The number of benzene rings is 2. The van der Waals surface area contributed by atoms with Crippen LogP contribution in [-0.2, 0) is 0 Å². The average molecular weight is 275 g/mol. The standard InChI is InChI=1S/C16H18FNS/c1-11-3-7-14(8-4-11)19-10-16(18)13-6-5-12(2)15(17)9-13/h3-9,16H,10,18H2,1-2H3. The van der Waals surface area contributed by atoms with Crippen LogP contribution in [0.15, 0.2) is 47.4 Å². The van der Waals surface area contributed by atoms with E-state index in [1.165, 1.54) is 16.5 Å². The molecular weight excluding hydrogens is 257 g/mol. The molecule has 3 heteroatoms. The summed E-state index contributed by atoms with van der Waals surface area (Å²) in [5.41, 5.74) is 8.85. The van der Waals surface area contributed by atoms with E-state index in [2.05, 4.69) is 31.2 Å². The molecule has 100 valence electrons. The number of halogens is 1. The number of nitrogens with two attached hydrogens (primary N) is 1. The lowest BCUT2D eigenvalue weighted by Gasteiger charge is -2.12. The van der Waals surface area contributed by atoms with Crippen molar-refractivity contribution in [2.75, 3.05) is 5.75 Å². The maximum Gasteiger partial charge on any atom is 0.126 e. The largest absolute Gasteiger partial charge is 0.323 e. The third-order valence-electron chi connectivity index (χ3n) is 3.07. The van der Waals surface area contributed by atoms with Crippen LogP contribution in [0, 0.1) is 19.7 Å². The van der Waals surface area contributed by atoms with Crippen molar-refractivity contribution in [1.82, 2.24) is 0 Å². The first-order valence-corrected chi connectivity index (χ1v) is 7.26. The van der Waals surface area contributed by atoms with Crippen molar-refractivity contribution in [2.24, 2.45) is 5.73 Å². The monoisotopic (exact) mass is 275 g/mol. The fraction of sp³-hybridized carbons (Fsp3) is 0.250. The summed E-state index contributed by atoms with van der Waals surface area (Å²) in [6.45, 7) is 3.82. The van der Waals surface area contributed by atoms with Gasteiger partial charge in [-0.2, -0.15) is 0 Å². The molecule has 0 aromatic heterocycles. The molecule has 0 aliphatic carbocycles. The maximum absolute atomic E-state index is 13.5. The summed E-state index contributed by atoms with van der Waals surface area (Å²) in [6.07, 6.45) is 0. The Morgan fingerprint density at radius 3 is 2.42 bits per heavy atom. The summed E-state index contributed by atoms with van der Waals surface area (Å²) < 4.78 is 13.5. The first kappa shape index (κ1) is 14.1. The van der Waals surface area contributed by atoms with Crippen molar-refractivity contribution in [1.29, 1.82) is 0 Å². The van der Waals surface area contributed by atoms with E-state index in [1.54, 1.807) is 24.8 Å². The Kier molecular flexibility index (Phi) is 4.61. The number of hydrogen-bond donors (Lipinski definition) is 1. The van der Waals surface area contributed by atoms with Crippen LogP contribution in [0.4, 0.5) is 4.39 Å². The Bertz CT molecular complexity index is 551. The first-order valence-electron chi connectivity index (χ1n) is 6.27. The molecule has 2 aromatic carbocycles. The fourth-order valence-electron chi connectivity index (χ4n) is 1.76. The molecule has 0 aliphatic rings. The van der Waals surface area contributed by atoms with Gasteiger partial charge in [0.1, 0.15) is 5.82 Å². The van der Waals surface area contributed by atoms with Crippen LogP contribution < -0.4 is 5.73 Å². The molecule has 0 spiro atoms. The summed E-state index contributed by atoms with van der Waals surface area (Å²) in [5.74, 6) is 0.555. The smallest absolute Gasteiger partial charge is 0.126 e. The van der Waals surface area contributed by atoms with Crippen LogP contribution in [0.1, 0.15) is 22.7 Å². The molecule has 1 unspecified atom stereocenters. The van der Waals surface area contributed by atoms with Crippen LogP contribution in [0.5, 0.6) is 0 Å². The number of hydrogen-bond acceptors (Lipinski definition) is 2. The Labute approximate surface area is 118 Å². The number of thioether (sulfide) groups is 1. The van der Waals surface area contributed by atoms with Gasteiger partial charge in [0.25, 0.3) is 0 Å². The van der Waals surface area contributed by atoms with E-state index < -0.39 is 0 Å². The van der Waals surface area contributed by atoms with E-state index in [0.717, 1.165) is 11.3 Å². The van der Waals surface area contributed by atoms with Gasteiger partial charge in [0.05, 0.1) is 0 Å². The molecule has 0 aliphatic heterocycles. The second-order valence-corrected chi connectivity index (χ2v) is 5.83. The van der Waals surface area contributed by atoms with Crippen LogP contribution in [0.3, 0.4) is 0 Å². The molecule has 19 heavy (non-hydrogen) atoms. The third-order valence-corrected chi connectivity index (χ3v) is 4.21. The molecule has 0 fully saturated rings. The van der Waals surface area contributed by atoms with Gasteiger partial charge in [0.15, 0.2) is 0 Å². The molecule has 0 bridgehead atoms. The maximum atomic E-state index is 13.5. The molecular formula is C16H18FNS. The van der Waals surface area contributed by atoms with Crippen molar-refractivity contribution in [3.63, 3.8) is 0 Å². The predicted octanol–water partition coefficient (Wildman–Crippen LogP) is 4.23. The highest BCUT2D eigenvalue weighted by molar-refractivity contribution is 7.99. The van der Waals surface area contributed by atoms with Crippen molar-refractivity contribution in [3.05, 3.63) is 65.0 Å². The van der Waals surface area contributed by atoms with E-state index in [9.17, 15) is 4.39 Å². The number of aryl methyl sites for hydroxylation is 2. The molecule has 0 amide bonds. The third kappa shape index (κ3) is 3.82. The van der Waals surface area contributed by atoms with E-state index >= 15 is 0 Å². The molecule has 1 nitrogen and oxygen atoms in total. The Morgan fingerprint density at radius 2 is 1.79 bits per heavy atom. The zero-order valence-electron chi connectivity index (χ0n) is 11.2. The lowest BCUT2D eigenvalue weighted by atomic mass is 10.1. The van der Waals surface area contributed by atoms with Crippen molar-refractivity contribution in [2.45, 2.75) is 24.8 Å². The molecule has 2 N–H and O–H groups in total. The van der Waals surface area contributed by atoms with Gasteiger partial charge in [-0.25, -0.2) is 4.39 Å². The van der Waals surface area contributed by atoms with Crippen LogP contribution in [0.25, 0.3) is 0 Å². The minimum absolute atomic E-state index is 0.151. The molecule has 2 aromatic rings. The van der Waals surface area contributed by atoms with Crippen LogP contribution in [-0.4, -0.2) is 5.75 Å². The fourth-order valence-corrected chi connectivity index (χ4v) is 2.65. The topological polar surface area (TPSA) is 26.0 Å². The molecule has 0 saturated carbocycles. The molecule has 2 rings (SSSR count). The SMILES string of the molecule is Cc1ccc(SCC(N)c2ccc(C)c(F)c2)cc1. The van der Waals surface area contributed by atoms with Crippen LogP contribution in [0.2, 0.25) is 0 Å². The zero-order chi connectivity index (χ0) is 13.8. The average Bonchev–Trinajstić information content (AvgIpc) is 2.41. The van der Waals surface area contributed by atoms with E-state index in [1.807, 2.05) is 6.07 Å². The molecule has 0 saturated heterocycles. The van der Waals surface area contributed by atoms with Gasteiger partial charge in [0.2, 0.25) is 0 Å². The van der Waals surface area contributed by atoms with E-state index in [-0.39, 0.29) is 11.9 Å². The number of rotatable bonds is 4.